The molecule has 1 nitrogen and oxygen atoms in total. The van der Waals surface area contributed by atoms with Gasteiger partial charge in [-0.05, 0) is 11.3 Å². The van der Waals surface area contributed by atoms with Gasteiger partial charge in [-0.1, -0.05) is 13.8 Å². The van der Waals surface area contributed by atoms with Gasteiger partial charge < -0.3 is 0 Å². The summed E-state index contributed by atoms with van der Waals surface area (Å²) in [6, 6.07) is 1.40. The first-order valence-electron chi connectivity index (χ1n) is 3.90. The summed E-state index contributed by atoms with van der Waals surface area (Å²) in [7, 11) is 0. The highest BCUT2D eigenvalue weighted by molar-refractivity contribution is 7.99. The summed E-state index contributed by atoms with van der Waals surface area (Å²) in [6.45, 7) is 4.19. The number of rotatable bonds is 3. The zero-order chi connectivity index (χ0) is 8.97. The number of nitrogens with zero attached hydrogens (tertiary/aromatic N) is 1. The molecule has 3 heteroatoms. The summed E-state index contributed by atoms with van der Waals surface area (Å²) in [5, 5.41) is 0.532. The molecular weight excluding hydrogens is 173 g/mol. The summed E-state index contributed by atoms with van der Waals surface area (Å²) in [6.07, 6.45) is 3.06. The van der Waals surface area contributed by atoms with E-state index in [2.05, 4.69) is 18.8 Å². The van der Waals surface area contributed by atoms with Gasteiger partial charge in [-0.3, -0.25) is 4.98 Å². The van der Waals surface area contributed by atoms with E-state index < -0.39 is 0 Å². The zero-order valence-corrected chi connectivity index (χ0v) is 8.07. The van der Waals surface area contributed by atoms with Crippen molar-refractivity contribution in [1.82, 2.24) is 4.98 Å². The molecule has 66 valence electrons. The Morgan fingerprint density at radius 2 is 2.33 bits per heavy atom. The first kappa shape index (κ1) is 9.52. The number of hydrogen-bond acceptors (Lipinski definition) is 2. The SMILES string of the molecule is CC(C)SCc1cnccc1F. The molecule has 1 heterocycles. The predicted molar refractivity (Wildman–Crippen MR) is 50.6 cm³/mol. The fourth-order valence-electron chi connectivity index (χ4n) is 0.773. The lowest BCUT2D eigenvalue weighted by atomic mass is 10.3. The van der Waals surface area contributed by atoms with E-state index in [-0.39, 0.29) is 5.82 Å². The molecule has 0 atom stereocenters. The Morgan fingerprint density at radius 3 is 2.92 bits per heavy atom. The summed E-state index contributed by atoms with van der Waals surface area (Å²) in [5.74, 6) is 0.551. The first-order chi connectivity index (χ1) is 5.70. The van der Waals surface area contributed by atoms with Crippen molar-refractivity contribution in [2.75, 3.05) is 0 Å². The topological polar surface area (TPSA) is 12.9 Å². The second-order valence-corrected chi connectivity index (χ2v) is 4.39. The number of hydrogen-bond donors (Lipinski definition) is 0. The Labute approximate surface area is 76.4 Å². The molecule has 0 spiro atoms. The molecule has 0 aromatic carbocycles. The highest BCUT2D eigenvalue weighted by atomic mass is 32.2. The van der Waals surface area contributed by atoms with Crippen LogP contribution < -0.4 is 0 Å². The van der Waals surface area contributed by atoms with E-state index in [0.717, 1.165) is 0 Å². The highest BCUT2D eigenvalue weighted by Gasteiger charge is 2.02. The lowest BCUT2D eigenvalue weighted by molar-refractivity contribution is 0.614. The minimum absolute atomic E-state index is 0.154. The number of pyridine rings is 1. The largest absolute Gasteiger partial charge is 0.264 e. The van der Waals surface area contributed by atoms with E-state index in [0.29, 0.717) is 16.6 Å². The lowest BCUT2D eigenvalue weighted by Gasteiger charge is -2.04. The molecule has 0 N–H and O–H groups in total. The van der Waals surface area contributed by atoms with E-state index in [1.54, 1.807) is 18.0 Å². The van der Waals surface area contributed by atoms with E-state index in [9.17, 15) is 4.39 Å². The average molecular weight is 185 g/mol. The predicted octanol–water partition coefficient (Wildman–Crippen LogP) is 2.86. The third kappa shape index (κ3) is 2.81. The molecule has 0 fully saturated rings. The molecule has 0 radical (unpaired) electrons. The van der Waals surface area contributed by atoms with Gasteiger partial charge >= 0.3 is 0 Å². The summed E-state index contributed by atoms with van der Waals surface area (Å²) in [4.78, 5) is 3.87. The minimum atomic E-state index is -0.154. The van der Waals surface area contributed by atoms with Crippen molar-refractivity contribution in [2.24, 2.45) is 0 Å². The van der Waals surface area contributed by atoms with Crippen LogP contribution in [0.2, 0.25) is 0 Å². The van der Waals surface area contributed by atoms with Crippen molar-refractivity contribution in [3.8, 4) is 0 Å². The number of thioether (sulfide) groups is 1. The van der Waals surface area contributed by atoms with Crippen LogP contribution in [0.25, 0.3) is 0 Å². The maximum absolute atomic E-state index is 13.0. The third-order valence-corrected chi connectivity index (χ3v) is 2.56. The van der Waals surface area contributed by atoms with E-state index >= 15 is 0 Å². The molecular formula is C9H12FNS. The third-order valence-electron chi connectivity index (χ3n) is 1.42. The van der Waals surface area contributed by atoms with Gasteiger partial charge in [-0.15, -0.1) is 0 Å². The van der Waals surface area contributed by atoms with Crippen LogP contribution in [0.15, 0.2) is 18.5 Å². The summed E-state index contributed by atoms with van der Waals surface area (Å²) < 4.78 is 13.0. The average Bonchev–Trinajstić information content (AvgIpc) is 2.03. The normalized spacial score (nSPS) is 10.7. The lowest BCUT2D eigenvalue weighted by Crippen LogP contribution is -1.92. The molecule has 0 aliphatic rings. The van der Waals surface area contributed by atoms with Crippen molar-refractivity contribution in [3.05, 3.63) is 29.8 Å². The monoisotopic (exact) mass is 185 g/mol. The summed E-state index contributed by atoms with van der Waals surface area (Å²) >= 11 is 1.72. The Kier molecular flexibility index (Phi) is 3.53. The molecule has 0 unspecified atom stereocenters. The van der Waals surface area contributed by atoms with Gasteiger partial charge in [0.15, 0.2) is 0 Å². The molecule has 12 heavy (non-hydrogen) atoms. The second kappa shape index (κ2) is 4.45. The van der Waals surface area contributed by atoms with Gasteiger partial charge in [-0.2, -0.15) is 11.8 Å². The Balaban J connectivity index is 2.57. The molecule has 1 rings (SSSR count). The van der Waals surface area contributed by atoms with Gasteiger partial charge in [0.25, 0.3) is 0 Å². The molecule has 1 aromatic heterocycles. The van der Waals surface area contributed by atoms with Crippen LogP contribution in [0, 0.1) is 5.82 Å². The van der Waals surface area contributed by atoms with Crippen LogP contribution in [-0.4, -0.2) is 10.2 Å². The molecule has 0 amide bonds. The quantitative estimate of drug-likeness (QED) is 0.718. The van der Waals surface area contributed by atoms with Crippen molar-refractivity contribution in [2.45, 2.75) is 24.9 Å². The van der Waals surface area contributed by atoms with Crippen molar-refractivity contribution >= 4 is 11.8 Å². The maximum atomic E-state index is 13.0. The Hall–Kier alpha value is -0.570. The van der Waals surface area contributed by atoms with Gasteiger partial charge in [0, 0.05) is 23.7 Å². The maximum Gasteiger partial charge on any atom is 0.130 e. The molecule has 0 aliphatic heterocycles. The Bertz CT molecular complexity index is 250. The van der Waals surface area contributed by atoms with Crippen LogP contribution in [-0.2, 0) is 5.75 Å². The van der Waals surface area contributed by atoms with Crippen LogP contribution in [0.4, 0.5) is 4.39 Å². The second-order valence-electron chi connectivity index (χ2n) is 2.83. The van der Waals surface area contributed by atoms with Crippen LogP contribution in [0.3, 0.4) is 0 Å². The fraction of sp³-hybridized carbons (Fsp3) is 0.444. The van der Waals surface area contributed by atoms with E-state index in [1.807, 2.05) is 0 Å². The van der Waals surface area contributed by atoms with Crippen LogP contribution in [0.5, 0.6) is 0 Å². The number of halogens is 1. The first-order valence-corrected chi connectivity index (χ1v) is 4.95. The van der Waals surface area contributed by atoms with E-state index in [1.165, 1.54) is 12.3 Å². The smallest absolute Gasteiger partial charge is 0.130 e. The van der Waals surface area contributed by atoms with Crippen molar-refractivity contribution in [1.29, 1.82) is 0 Å². The van der Waals surface area contributed by atoms with Crippen molar-refractivity contribution in [3.63, 3.8) is 0 Å². The molecule has 0 saturated carbocycles. The minimum Gasteiger partial charge on any atom is -0.264 e. The van der Waals surface area contributed by atoms with Crippen LogP contribution >= 0.6 is 11.8 Å². The molecule has 0 aliphatic carbocycles. The van der Waals surface area contributed by atoms with Gasteiger partial charge in [0.1, 0.15) is 5.82 Å². The molecule has 0 saturated heterocycles. The van der Waals surface area contributed by atoms with Gasteiger partial charge in [0.05, 0.1) is 0 Å². The molecule has 1 aromatic rings. The molecule has 0 bridgehead atoms. The van der Waals surface area contributed by atoms with E-state index in [4.69, 9.17) is 0 Å². The van der Waals surface area contributed by atoms with Crippen molar-refractivity contribution < 1.29 is 4.39 Å². The zero-order valence-electron chi connectivity index (χ0n) is 7.25. The highest BCUT2D eigenvalue weighted by Crippen LogP contribution is 2.17. The van der Waals surface area contributed by atoms with Gasteiger partial charge in [-0.25, -0.2) is 4.39 Å². The fourth-order valence-corrected chi connectivity index (χ4v) is 1.50. The van der Waals surface area contributed by atoms with Crippen LogP contribution in [0.1, 0.15) is 19.4 Å². The standard InChI is InChI=1S/C9H12FNS/c1-7(2)12-6-8-5-11-4-3-9(8)10/h3-5,7H,6H2,1-2H3. The van der Waals surface area contributed by atoms with Gasteiger partial charge in [0.2, 0.25) is 0 Å². The number of aromatic nitrogens is 1. The Morgan fingerprint density at radius 1 is 1.58 bits per heavy atom. The summed E-state index contributed by atoms with van der Waals surface area (Å²) in [5.41, 5.74) is 0.691.